The molecule has 1 aromatic heterocycles. The fraction of sp³-hybridized carbons (Fsp3) is 0.0417. The Kier molecular flexibility index (Phi) is 5.87. The maximum atomic E-state index is 13.4. The Hall–Kier alpha value is -3.78. The van der Waals surface area contributed by atoms with Crippen molar-refractivity contribution in [2.24, 2.45) is 5.73 Å². The molecule has 0 spiro atoms. The molecule has 0 saturated carbocycles. The maximum Gasteiger partial charge on any atom is 0.252 e. The van der Waals surface area contributed by atoms with E-state index in [2.05, 4.69) is 20.9 Å². The van der Waals surface area contributed by atoms with E-state index in [1.165, 1.54) is 25.3 Å². The van der Waals surface area contributed by atoms with E-state index in [1.807, 2.05) is 0 Å². The number of nitrogens with zero attached hydrogens (tertiary/aromatic N) is 1. The highest BCUT2D eigenvalue weighted by atomic mass is 79.9. The van der Waals surface area contributed by atoms with E-state index in [0.717, 1.165) is 0 Å². The molecule has 0 fully saturated rings. The number of hydrogen-bond acceptors (Lipinski definition) is 5. The monoisotopic (exact) mass is 494 g/mol. The predicted molar refractivity (Wildman–Crippen MR) is 121 cm³/mol. The predicted octanol–water partition coefficient (Wildman–Crippen LogP) is 5.27. The highest BCUT2D eigenvalue weighted by Gasteiger charge is 2.15. The fourth-order valence-electron chi connectivity index (χ4n) is 3.20. The number of carbonyl (C=O) groups excluding carboxylic acids is 2. The molecule has 1 heterocycles. The molecular formula is C24H16BrFN2O4. The van der Waals surface area contributed by atoms with Crippen LogP contribution in [0.5, 0.6) is 17.2 Å². The number of pyridine rings is 1. The first-order valence-electron chi connectivity index (χ1n) is 9.41. The summed E-state index contributed by atoms with van der Waals surface area (Å²) in [6, 6.07) is 15.5. The van der Waals surface area contributed by atoms with Gasteiger partial charge >= 0.3 is 0 Å². The van der Waals surface area contributed by atoms with Crippen LogP contribution in [-0.2, 0) is 0 Å². The van der Waals surface area contributed by atoms with E-state index in [9.17, 15) is 14.0 Å². The zero-order valence-electron chi connectivity index (χ0n) is 16.8. The Balaban J connectivity index is 1.63. The van der Waals surface area contributed by atoms with Crippen LogP contribution in [0.1, 0.15) is 26.3 Å². The van der Waals surface area contributed by atoms with Gasteiger partial charge in [0.1, 0.15) is 23.1 Å². The number of rotatable bonds is 6. The van der Waals surface area contributed by atoms with Crippen molar-refractivity contribution < 1.29 is 23.5 Å². The average Bonchev–Trinajstić information content (AvgIpc) is 2.80. The number of amides is 1. The number of ketones is 1. The number of fused-ring (bicyclic) bond motifs is 1. The molecular weight excluding hydrogens is 479 g/mol. The SMILES string of the molecule is COc1cc2nccc(Oc3ccc(C(=O)c4ccc(F)c(Br)c4)cc3)c2cc1C(N)=O. The summed E-state index contributed by atoms with van der Waals surface area (Å²) in [6.45, 7) is 0. The number of hydrogen-bond donors (Lipinski definition) is 1. The number of benzene rings is 3. The van der Waals surface area contributed by atoms with Crippen molar-refractivity contribution in [3.05, 3.63) is 93.8 Å². The van der Waals surface area contributed by atoms with E-state index in [-0.39, 0.29) is 15.8 Å². The lowest BCUT2D eigenvalue weighted by atomic mass is 10.0. The van der Waals surface area contributed by atoms with Crippen LogP contribution in [-0.4, -0.2) is 23.8 Å². The van der Waals surface area contributed by atoms with Crippen molar-refractivity contribution in [3.8, 4) is 17.2 Å². The van der Waals surface area contributed by atoms with Gasteiger partial charge in [-0.15, -0.1) is 0 Å². The Morgan fingerprint density at radius 1 is 0.969 bits per heavy atom. The number of halogens is 2. The average molecular weight is 495 g/mol. The molecule has 4 rings (SSSR count). The third kappa shape index (κ3) is 4.17. The normalized spacial score (nSPS) is 10.7. The number of carbonyl (C=O) groups is 2. The van der Waals surface area contributed by atoms with Crippen LogP contribution in [0, 0.1) is 5.82 Å². The van der Waals surface area contributed by atoms with Crippen LogP contribution >= 0.6 is 15.9 Å². The second-order valence-corrected chi connectivity index (χ2v) is 7.68. The molecule has 0 unspecified atom stereocenters. The summed E-state index contributed by atoms with van der Waals surface area (Å²) in [5.74, 6) is -0.0527. The highest BCUT2D eigenvalue weighted by molar-refractivity contribution is 9.10. The van der Waals surface area contributed by atoms with E-state index in [4.69, 9.17) is 15.2 Å². The smallest absolute Gasteiger partial charge is 0.252 e. The van der Waals surface area contributed by atoms with Gasteiger partial charge in [0.05, 0.1) is 22.7 Å². The number of nitrogens with two attached hydrogens (primary N) is 1. The van der Waals surface area contributed by atoms with Gasteiger partial charge in [0.15, 0.2) is 5.78 Å². The van der Waals surface area contributed by atoms with Crippen molar-refractivity contribution in [1.29, 1.82) is 0 Å². The van der Waals surface area contributed by atoms with Crippen LogP contribution in [0.3, 0.4) is 0 Å². The maximum absolute atomic E-state index is 13.4. The van der Waals surface area contributed by atoms with Crippen molar-refractivity contribution in [2.45, 2.75) is 0 Å². The molecule has 8 heteroatoms. The van der Waals surface area contributed by atoms with E-state index in [1.54, 1.807) is 48.7 Å². The molecule has 1 amide bonds. The van der Waals surface area contributed by atoms with Crippen LogP contribution in [0.15, 0.2) is 71.3 Å². The summed E-state index contributed by atoms with van der Waals surface area (Å²) in [5, 5.41) is 0.582. The molecule has 0 saturated heterocycles. The molecule has 160 valence electrons. The van der Waals surface area contributed by atoms with Gasteiger partial charge in [0.25, 0.3) is 5.91 Å². The lowest BCUT2D eigenvalue weighted by molar-refractivity contribution is 0.0996. The van der Waals surface area contributed by atoms with Crippen molar-refractivity contribution in [3.63, 3.8) is 0 Å². The van der Waals surface area contributed by atoms with Gasteiger partial charge < -0.3 is 15.2 Å². The van der Waals surface area contributed by atoms with Crippen molar-refractivity contribution in [2.75, 3.05) is 7.11 Å². The minimum atomic E-state index is -0.631. The number of ether oxygens (including phenoxy) is 2. The molecule has 6 nitrogen and oxygen atoms in total. The van der Waals surface area contributed by atoms with E-state index < -0.39 is 11.7 Å². The fourth-order valence-corrected chi connectivity index (χ4v) is 3.58. The topological polar surface area (TPSA) is 91.5 Å². The summed E-state index contributed by atoms with van der Waals surface area (Å²) < 4.78 is 24.9. The molecule has 0 atom stereocenters. The quantitative estimate of drug-likeness (QED) is 0.368. The summed E-state index contributed by atoms with van der Waals surface area (Å²) in [5.41, 5.74) is 7.03. The minimum Gasteiger partial charge on any atom is -0.496 e. The standard InChI is InChI=1S/C24H16BrFN2O4/c1-31-22-12-20-16(11-17(22)24(27)30)21(8-9-28-20)32-15-5-2-13(3-6-15)23(29)14-4-7-19(26)18(25)10-14/h2-12H,1H3,(H2,27,30). The van der Waals surface area contributed by atoms with E-state index in [0.29, 0.717) is 39.3 Å². The second kappa shape index (κ2) is 8.76. The Morgan fingerprint density at radius 3 is 2.34 bits per heavy atom. The zero-order valence-corrected chi connectivity index (χ0v) is 18.4. The molecule has 2 N–H and O–H groups in total. The van der Waals surface area contributed by atoms with Crippen LogP contribution in [0.4, 0.5) is 4.39 Å². The molecule has 0 aliphatic heterocycles. The van der Waals surface area contributed by atoms with Gasteiger partial charge in [-0.25, -0.2) is 4.39 Å². The van der Waals surface area contributed by atoms with Crippen molar-refractivity contribution >= 4 is 38.5 Å². The first-order chi connectivity index (χ1) is 15.4. The van der Waals surface area contributed by atoms with Crippen LogP contribution in [0.25, 0.3) is 10.9 Å². The molecule has 0 radical (unpaired) electrons. The van der Waals surface area contributed by atoms with Gasteiger partial charge in [-0.3, -0.25) is 14.6 Å². The number of primary amides is 1. The van der Waals surface area contributed by atoms with Crippen molar-refractivity contribution in [1.82, 2.24) is 4.98 Å². The zero-order chi connectivity index (χ0) is 22.8. The van der Waals surface area contributed by atoms with Gasteiger partial charge in [0.2, 0.25) is 0 Å². The van der Waals surface area contributed by atoms with Gasteiger partial charge in [-0.1, -0.05) is 0 Å². The third-order valence-electron chi connectivity index (χ3n) is 4.81. The summed E-state index contributed by atoms with van der Waals surface area (Å²) >= 11 is 3.09. The molecule has 0 aliphatic carbocycles. The highest BCUT2D eigenvalue weighted by Crippen LogP contribution is 2.33. The first-order valence-corrected chi connectivity index (χ1v) is 10.2. The van der Waals surface area contributed by atoms with Crippen LogP contribution < -0.4 is 15.2 Å². The summed E-state index contributed by atoms with van der Waals surface area (Å²) in [7, 11) is 1.45. The Morgan fingerprint density at radius 2 is 1.69 bits per heavy atom. The Labute approximate surface area is 190 Å². The summed E-state index contributed by atoms with van der Waals surface area (Å²) in [4.78, 5) is 28.7. The number of aromatic nitrogens is 1. The molecule has 3 aromatic carbocycles. The van der Waals surface area contributed by atoms with E-state index >= 15 is 0 Å². The largest absolute Gasteiger partial charge is 0.496 e. The second-order valence-electron chi connectivity index (χ2n) is 6.83. The first kappa shape index (κ1) is 21.5. The molecule has 0 aliphatic rings. The number of methoxy groups -OCH3 is 1. The third-order valence-corrected chi connectivity index (χ3v) is 5.42. The molecule has 0 bridgehead atoms. The van der Waals surface area contributed by atoms with Crippen LogP contribution in [0.2, 0.25) is 0 Å². The lowest BCUT2D eigenvalue weighted by Crippen LogP contribution is -2.12. The Bertz CT molecular complexity index is 1360. The van der Waals surface area contributed by atoms with Gasteiger partial charge in [-0.05, 0) is 70.5 Å². The molecule has 32 heavy (non-hydrogen) atoms. The summed E-state index contributed by atoms with van der Waals surface area (Å²) in [6.07, 6.45) is 1.57. The van der Waals surface area contributed by atoms with Gasteiger partial charge in [0, 0.05) is 28.8 Å². The van der Waals surface area contributed by atoms with Gasteiger partial charge in [-0.2, -0.15) is 0 Å². The minimum absolute atomic E-state index is 0.212. The lowest BCUT2D eigenvalue weighted by Gasteiger charge is -2.12. The molecule has 4 aromatic rings.